The van der Waals surface area contributed by atoms with Crippen molar-refractivity contribution in [3.63, 3.8) is 0 Å². The Bertz CT molecular complexity index is 377. The van der Waals surface area contributed by atoms with Crippen molar-refractivity contribution in [3.05, 3.63) is 29.8 Å². The fraction of sp³-hybridized carbons (Fsp3) is 0.417. The monoisotopic (exact) mass is 237 g/mol. The first-order valence-corrected chi connectivity index (χ1v) is 6.20. The summed E-state index contributed by atoms with van der Waals surface area (Å²) in [6, 6.07) is 7.77. The van der Waals surface area contributed by atoms with Crippen LogP contribution < -0.4 is 5.32 Å². The molecular weight excluding hydrogens is 222 g/mol. The largest absolute Gasteiger partial charge is 0.379 e. The maximum Gasteiger partial charge on any atom is 0.177 e. The van der Waals surface area contributed by atoms with Gasteiger partial charge in [0.25, 0.3) is 0 Å². The number of carbonyl (C=O) groups excluding carboxylic acids is 1. The standard InChI is InChI=1S/C12H15NO2S/c1-13-6-11(14)10-4-2-3-5-12(10)16-9-7-15-8-9/h2-5,9,13H,6-8H2,1H3. The molecule has 0 bridgehead atoms. The van der Waals surface area contributed by atoms with Crippen LogP contribution in [-0.2, 0) is 4.74 Å². The number of hydrogen-bond acceptors (Lipinski definition) is 4. The smallest absolute Gasteiger partial charge is 0.177 e. The van der Waals surface area contributed by atoms with Crippen LogP contribution in [-0.4, -0.2) is 37.8 Å². The zero-order valence-corrected chi connectivity index (χ0v) is 10.0. The molecule has 0 saturated carbocycles. The summed E-state index contributed by atoms with van der Waals surface area (Å²) in [7, 11) is 1.79. The molecule has 1 saturated heterocycles. The highest BCUT2D eigenvalue weighted by Gasteiger charge is 2.21. The van der Waals surface area contributed by atoms with Crippen LogP contribution in [0.1, 0.15) is 10.4 Å². The zero-order chi connectivity index (χ0) is 11.4. The predicted octanol–water partition coefficient (Wildman–Crippen LogP) is 1.58. The van der Waals surface area contributed by atoms with E-state index in [9.17, 15) is 4.79 Å². The average Bonchev–Trinajstić information content (AvgIpc) is 2.24. The van der Waals surface area contributed by atoms with Crippen LogP contribution in [0.3, 0.4) is 0 Å². The summed E-state index contributed by atoms with van der Waals surface area (Å²) in [5.74, 6) is 0.144. The van der Waals surface area contributed by atoms with E-state index in [0.29, 0.717) is 11.8 Å². The highest BCUT2D eigenvalue weighted by Crippen LogP contribution is 2.30. The van der Waals surface area contributed by atoms with Gasteiger partial charge in [0, 0.05) is 10.5 Å². The number of likely N-dealkylation sites (N-methyl/N-ethyl adjacent to an activating group) is 1. The molecule has 0 amide bonds. The molecule has 1 heterocycles. The Labute approximate surface area is 99.6 Å². The SMILES string of the molecule is CNCC(=O)c1ccccc1SC1COC1. The normalized spacial score (nSPS) is 15.8. The molecule has 16 heavy (non-hydrogen) atoms. The van der Waals surface area contributed by atoms with Gasteiger partial charge in [-0.15, -0.1) is 11.8 Å². The summed E-state index contributed by atoms with van der Waals surface area (Å²) in [5, 5.41) is 3.39. The molecule has 0 aliphatic carbocycles. The minimum atomic E-state index is 0.144. The lowest BCUT2D eigenvalue weighted by molar-refractivity contribution is 0.0455. The van der Waals surface area contributed by atoms with Crippen molar-refractivity contribution in [2.24, 2.45) is 0 Å². The van der Waals surface area contributed by atoms with Crippen molar-refractivity contribution >= 4 is 17.5 Å². The fourth-order valence-electron chi connectivity index (χ4n) is 1.52. The van der Waals surface area contributed by atoms with Crippen LogP contribution in [0.2, 0.25) is 0 Å². The third kappa shape index (κ3) is 2.64. The van der Waals surface area contributed by atoms with E-state index < -0.39 is 0 Å². The number of hydrogen-bond donors (Lipinski definition) is 1. The molecule has 0 aromatic heterocycles. The number of ether oxygens (including phenoxy) is 1. The second-order valence-corrected chi connectivity index (χ2v) is 5.07. The summed E-state index contributed by atoms with van der Waals surface area (Å²) in [4.78, 5) is 12.9. The van der Waals surface area contributed by atoms with Gasteiger partial charge in [-0.25, -0.2) is 0 Å². The highest BCUT2D eigenvalue weighted by molar-refractivity contribution is 8.00. The maximum absolute atomic E-state index is 11.8. The van der Waals surface area contributed by atoms with Crippen molar-refractivity contribution < 1.29 is 9.53 Å². The number of carbonyl (C=O) groups is 1. The van der Waals surface area contributed by atoms with Gasteiger partial charge in [0.2, 0.25) is 0 Å². The Kier molecular flexibility index (Phi) is 3.98. The fourth-order valence-corrected chi connectivity index (χ4v) is 2.67. The predicted molar refractivity (Wildman–Crippen MR) is 65.2 cm³/mol. The van der Waals surface area contributed by atoms with E-state index in [1.165, 1.54) is 0 Å². The number of ketones is 1. The second kappa shape index (κ2) is 5.48. The molecule has 0 radical (unpaired) electrons. The number of nitrogens with one attached hydrogen (secondary N) is 1. The van der Waals surface area contributed by atoms with Crippen molar-refractivity contribution in [2.45, 2.75) is 10.1 Å². The van der Waals surface area contributed by atoms with E-state index in [0.717, 1.165) is 23.7 Å². The first kappa shape index (κ1) is 11.6. The van der Waals surface area contributed by atoms with Gasteiger partial charge in [0.05, 0.1) is 25.0 Å². The van der Waals surface area contributed by atoms with E-state index in [4.69, 9.17) is 4.74 Å². The summed E-state index contributed by atoms with van der Waals surface area (Å²) in [6.07, 6.45) is 0. The Morgan fingerprint density at radius 2 is 2.25 bits per heavy atom. The minimum absolute atomic E-state index is 0.144. The molecule has 0 atom stereocenters. The molecule has 0 unspecified atom stereocenters. The van der Waals surface area contributed by atoms with Gasteiger partial charge >= 0.3 is 0 Å². The van der Waals surface area contributed by atoms with E-state index in [1.54, 1.807) is 18.8 Å². The van der Waals surface area contributed by atoms with Crippen molar-refractivity contribution in [3.8, 4) is 0 Å². The van der Waals surface area contributed by atoms with Crippen LogP contribution in [0.15, 0.2) is 29.2 Å². The number of benzene rings is 1. The molecule has 0 spiro atoms. The lowest BCUT2D eigenvalue weighted by Crippen LogP contribution is -2.30. The Hall–Kier alpha value is -0.840. The lowest BCUT2D eigenvalue weighted by atomic mass is 10.1. The van der Waals surface area contributed by atoms with Crippen LogP contribution in [0.25, 0.3) is 0 Å². The molecule has 1 aliphatic heterocycles. The zero-order valence-electron chi connectivity index (χ0n) is 9.23. The topological polar surface area (TPSA) is 38.3 Å². The van der Waals surface area contributed by atoms with Crippen molar-refractivity contribution in [1.82, 2.24) is 5.32 Å². The quantitative estimate of drug-likeness (QED) is 0.789. The van der Waals surface area contributed by atoms with Crippen LogP contribution in [0.5, 0.6) is 0 Å². The van der Waals surface area contributed by atoms with Crippen LogP contribution in [0, 0.1) is 0 Å². The summed E-state index contributed by atoms with van der Waals surface area (Å²) in [5.41, 5.74) is 0.814. The third-order valence-electron chi connectivity index (χ3n) is 2.43. The molecule has 1 N–H and O–H groups in total. The van der Waals surface area contributed by atoms with Gasteiger partial charge in [-0.3, -0.25) is 4.79 Å². The van der Waals surface area contributed by atoms with E-state index in [1.807, 2.05) is 24.3 Å². The highest BCUT2D eigenvalue weighted by atomic mass is 32.2. The summed E-state index contributed by atoms with van der Waals surface area (Å²) >= 11 is 1.74. The molecule has 1 fully saturated rings. The average molecular weight is 237 g/mol. The second-order valence-electron chi connectivity index (χ2n) is 3.73. The maximum atomic E-state index is 11.8. The molecule has 86 valence electrons. The lowest BCUT2D eigenvalue weighted by Gasteiger charge is -2.25. The summed E-state index contributed by atoms with van der Waals surface area (Å²) in [6.45, 7) is 1.97. The van der Waals surface area contributed by atoms with Gasteiger partial charge in [-0.05, 0) is 13.1 Å². The van der Waals surface area contributed by atoms with Crippen molar-refractivity contribution in [2.75, 3.05) is 26.8 Å². The van der Waals surface area contributed by atoms with Crippen LogP contribution in [0.4, 0.5) is 0 Å². The molecular formula is C12H15NO2S. The minimum Gasteiger partial charge on any atom is -0.379 e. The van der Waals surface area contributed by atoms with Gasteiger partial charge < -0.3 is 10.1 Å². The van der Waals surface area contributed by atoms with E-state index in [2.05, 4.69) is 5.32 Å². The van der Waals surface area contributed by atoms with Crippen molar-refractivity contribution in [1.29, 1.82) is 0 Å². The van der Waals surface area contributed by atoms with E-state index >= 15 is 0 Å². The van der Waals surface area contributed by atoms with Gasteiger partial charge in [0.1, 0.15) is 0 Å². The van der Waals surface area contributed by atoms with Gasteiger partial charge in [0.15, 0.2) is 5.78 Å². The molecule has 1 aromatic carbocycles. The molecule has 3 nitrogen and oxygen atoms in total. The van der Waals surface area contributed by atoms with Gasteiger partial charge in [-0.2, -0.15) is 0 Å². The molecule has 4 heteroatoms. The number of rotatable bonds is 5. The van der Waals surface area contributed by atoms with Crippen LogP contribution >= 0.6 is 11.8 Å². The molecule has 2 rings (SSSR count). The first-order valence-electron chi connectivity index (χ1n) is 5.32. The molecule has 1 aliphatic rings. The number of thioether (sulfide) groups is 1. The van der Waals surface area contributed by atoms with E-state index in [-0.39, 0.29) is 5.78 Å². The Balaban J connectivity index is 2.12. The third-order valence-corrected chi connectivity index (χ3v) is 3.64. The Morgan fingerprint density at radius 3 is 2.88 bits per heavy atom. The Morgan fingerprint density at radius 1 is 1.50 bits per heavy atom. The summed E-state index contributed by atoms with van der Waals surface area (Å²) < 4.78 is 5.14. The first-order chi connectivity index (χ1) is 7.81. The molecule has 1 aromatic rings. The number of Topliss-reactive ketones (excluding diaryl/α,β-unsaturated/α-hetero) is 1. The van der Waals surface area contributed by atoms with Gasteiger partial charge in [-0.1, -0.05) is 18.2 Å².